The molecule has 2 bridgehead atoms. The first-order valence-electron chi connectivity index (χ1n) is 9.94. The maximum atomic E-state index is 12.0. The van der Waals surface area contributed by atoms with Gasteiger partial charge in [-0.3, -0.25) is 0 Å². The Hall–Kier alpha value is -1.59. The average Bonchev–Trinajstić information content (AvgIpc) is 3.21. The van der Waals surface area contributed by atoms with Gasteiger partial charge in [0.05, 0.1) is 13.2 Å². The molecule has 0 radical (unpaired) electrons. The van der Waals surface area contributed by atoms with Crippen molar-refractivity contribution in [3.8, 4) is 0 Å². The highest BCUT2D eigenvalue weighted by atomic mass is 16.7. The molecule has 0 amide bonds. The van der Waals surface area contributed by atoms with Gasteiger partial charge in [0.15, 0.2) is 0 Å². The molecule has 1 aliphatic heterocycles. The highest BCUT2D eigenvalue weighted by Gasteiger charge is 2.78. The SMILES string of the molecule is C/C=C(\CB1O[C@@H]2[C@H]3CC[C@](C)(C3(C)C)[C@]2(c2ccccc2)O1)C(=O)OC. The highest BCUT2D eigenvalue weighted by Crippen LogP contribution is 2.76. The van der Waals surface area contributed by atoms with Crippen LogP contribution in [-0.2, 0) is 24.4 Å². The van der Waals surface area contributed by atoms with E-state index in [1.54, 1.807) is 6.08 Å². The number of carbonyl (C=O) groups is 1. The second-order valence-corrected chi connectivity index (χ2v) is 8.91. The molecule has 5 heteroatoms. The fourth-order valence-corrected chi connectivity index (χ4v) is 6.07. The maximum absolute atomic E-state index is 12.0. The van der Waals surface area contributed by atoms with Gasteiger partial charge in [-0.2, -0.15) is 0 Å². The summed E-state index contributed by atoms with van der Waals surface area (Å²) in [6.07, 6.45) is 4.50. The Bertz CT molecular complexity index is 774. The van der Waals surface area contributed by atoms with Crippen LogP contribution in [0.15, 0.2) is 42.0 Å². The van der Waals surface area contributed by atoms with Crippen molar-refractivity contribution < 1.29 is 18.8 Å². The lowest BCUT2D eigenvalue weighted by Gasteiger charge is -2.48. The Balaban J connectivity index is 1.74. The summed E-state index contributed by atoms with van der Waals surface area (Å²) in [5.41, 5.74) is 1.43. The van der Waals surface area contributed by atoms with Crippen LogP contribution in [0.4, 0.5) is 0 Å². The molecular weight excluding hydrogens is 339 g/mol. The van der Waals surface area contributed by atoms with Crippen LogP contribution in [0.1, 0.15) is 46.1 Å². The molecule has 1 aromatic carbocycles. The third-order valence-electron chi connectivity index (χ3n) is 7.89. The van der Waals surface area contributed by atoms with Crippen molar-refractivity contribution in [2.24, 2.45) is 16.7 Å². The number of rotatable bonds is 4. The molecule has 4 rings (SSSR count). The number of benzene rings is 1. The van der Waals surface area contributed by atoms with E-state index in [1.807, 2.05) is 13.0 Å². The zero-order valence-electron chi connectivity index (χ0n) is 17.0. The Labute approximate surface area is 162 Å². The molecule has 4 nitrogen and oxygen atoms in total. The molecule has 3 fully saturated rings. The van der Waals surface area contributed by atoms with Crippen LogP contribution >= 0.6 is 0 Å². The fourth-order valence-electron chi connectivity index (χ4n) is 6.07. The first-order valence-corrected chi connectivity index (χ1v) is 9.94. The van der Waals surface area contributed by atoms with Gasteiger partial charge >= 0.3 is 13.1 Å². The Morgan fingerprint density at radius 1 is 1.30 bits per heavy atom. The molecule has 0 unspecified atom stereocenters. The molecule has 144 valence electrons. The van der Waals surface area contributed by atoms with Gasteiger partial charge in [-0.05, 0) is 36.7 Å². The monoisotopic (exact) mass is 368 g/mol. The summed E-state index contributed by atoms with van der Waals surface area (Å²) >= 11 is 0. The van der Waals surface area contributed by atoms with E-state index in [-0.39, 0.29) is 22.9 Å². The van der Waals surface area contributed by atoms with Crippen molar-refractivity contribution in [2.75, 3.05) is 7.11 Å². The number of ether oxygens (including phenoxy) is 1. The molecule has 1 saturated heterocycles. The molecule has 0 N–H and O–H groups in total. The van der Waals surface area contributed by atoms with E-state index in [1.165, 1.54) is 12.7 Å². The van der Waals surface area contributed by atoms with Crippen molar-refractivity contribution in [3.63, 3.8) is 0 Å². The van der Waals surface area contributed by atoms with Crippen LogP contribution in [0.5, 0.6) is 0 Å². The largest absolute Gasteiger partial charge is 0.466 e. The van der Waals surface area contributed by atoms with Gasteiger partial charge < -0.3 is 14.0 Å². The second kappa shape index (κ2) is 6.21. The molecule has 2 saturated carbocycles. The number of fused-ring (bicyclic) bond motifs is 5. The number of hydrogen-bond acceptors (Lipinski definition) is 4. The predicted molar refractivity (Wildman–Crippen MR) is 105 cm³/mol. The summed E-state index contributed by atoms with van der Waals surface area (Å²) in [6.45, 7) is 8.94. The van der Waals surface area contributed by atoms with Gasteiger partial charge in [0, 0.05) is 17.3 Å². The van der Waals surface area contributed by atoms with E-state index in [9.17, 15) is 4.79 Å². The normalized spacial score (nSPS) is 36.8. The quantitative estimate of drug-likeness (QED) is 0.450. The minimum atomic E-state index is -0.472. The van der Waals surface area contributed by atoms with Gasteiger partial charge in [-0.25, -0.2) is 4.79 Å². The van der Waals surface area contributed by atoms with Crippen LogP contribution in [-0.4, -0.2) is 26.3 Å². The smallest absolute Gasteiger partial charge is 0.462 e. The summed E-state index contributed by atoms with van der Waals surface area (Å²) in [5.74, 6) is 0.130. The highest BCUT2D eigenvalue weighted by molar-refractivity contribution is 6.47. The Kier molecular flexibility index (Phi) is 4.32. The van der Waals surface area contributed by atoms with Crippen LogP contribution in [0.25, 0.3) is 0 Å². The molecular formula is C22H29BO4. The van der Waals surface area contributed by atoms with Crippen molar-refractivity contribution >= 4 is 13.1 Å². The lowest BCUT2D eigenvalue weighted by molar-refractivity contribution is -0.136. The summed E-state index contributed by atoms with van der Waals surface area (Å²) in [4.78, 5) is 12.0. The van der Waals surface area contributed by atoms with Crippen molar-refractivity contribution in [1.29, 1.82) is 0 Å². The Morgan fingerprint density at radius 3 is 2.63 bits per heavy atom. The van der Waals surface area contributed by atoms with Crippen molar-refractivity contribution in [1.82, 2.24) is 0 Å². The minimum Gasteiger partial charge on any atom is -0.466 e. The molecule has 4 atom stereocenters. The number of hydrogen-bond donors (Lipinski definition) is 0. The third-order valence-corrected chi connectivity index (χ3v) is 7.89. The van der Waals surface area contributed by atoms with Gasteiger partial charge in [0.2, 0.25) is 0 Å². The number of methoxy groups -OCH3 is 1. The molecule has 0 aromatic heterocycles. The predicted octanol–water partition coefficient (Wildman–Crippen LogP) is 4.36. The van der Waals surface area contributed by atoms with E-state index in [4.69, 9.17) is 14.0 Å². The van der Waals surface area contributed by atoms with Crippen LogP contribution in [0, 0.1) is 16.7 Å². The topological polar surface area (TPSA) is 44.8 Å². The first kappa shape index (κ1) is 18.8. The van der Waals surface area contributed by atoms with Crippen molar-refractivity contribution in [2.45, 2.75) is 58.6 Å². The zero-order valence-corrected chi connectivity index (χ0v) is 17.0. The van der Waals surface area contributed by atoms with Crippen LogP contribution in [0.3, 0.4) is 0 Å². The van der Waals surface area contributed by atoms with Crippen LogP contribution < -0.4 is 0 Å². The molecule has 1 heterocycles. The lowest BCUT2D eigenvalue weighted by Crippen LogP contribution is -2.50. The third kappa shape index (κ3) is 2.28. The van der Waals surface area contributed by atoms with E-state index in [2.05, 4.69) is 45.0 Å². The van der Waals surface area contributed by atoms with E-state index in [0.29, 0.717) is 17.8 Å². The Morgan fingerprint density at radius 2 is 2.00 bits per heavy atom. The summed E-state index contributed by atoms with van der Waals surface area (Å²) < 4.78 is 18.2. The maximum Gasteiger partial charge on any atom is 0.462 e. The van der Waals surface area contributed by atoms with Crippen molar-refractivity contribution in [3.05, 3.63) is 47.5 Å². The van der Waals surface area contributed by atoms with Gasteiger partial charge in [0.1, 0.15) is 5.60 Å². The first-order chi connectivity index (χ1) is 12.8. The summed E-state index contributed by atoms with van der Waals surface area (Å²) in [7, 11) is 0.975. The molecule has 0 spiro atoms. The van der Waals surface area contributed by atoms with Gasteiger partial charge in [-0.1, -0.05) is 57.2 Å². The van der Waals surface area contributed by atoms with E-state index >= 15 is 0 Å². The van der Waals surface area contributed by atoms with E-state index < -0.39 is 12.7 Å². The average molecular weight is 368 g/mol. The minimum absolute atomic E-state index is 0.00871. The number of esters is 1. The van der Waals surface area contributed by atoms with Gasteiger partial charge in [-0.15, -0.1) is 0 Å². The lowest BCUT2D eigenvalue weighted by atomic mass is 9.61. The standard InChI is InChI=1S/C22H29BO4/c1-6-15(19(24)25-5)14-23-26-18-17-12-13-21(4,20(17,2)3)22(18,27-23)16-10-8-7-9-11-16/h6-11,17-18H,12-14H2,1-5H3/b15-6+/t17-,18-,21-,22-/m1/s1. The summed E-state index contributed by atoms with van der Waals surface area (Å²) in [5, 5.41) is 0. The molecule has 3 aliphatic rings. The number of carbonyl (C=O) groups excluding carboxylic acids is 1. The van der Waals surface area contributed by atoms with Crippen LogP contribution in [0.2, 0.25) is 6.32 Å². The molecule has 1 aromatic rings. The molecule has 27 heavy (non-hydrogen) atoms. The van der Waals surface area contributed by atoms with E-state index in [0.717, 1.165) is 12.8 Å². The van der Waals surface area contributed by atoms with Gasteiger partial charge in [0.25, 0.3) is 0 Å². The zero-order chi connectivity index (χ0) is 19.4. The summed E-state index contributed by atoms with van der Waals surface area (Å²) in [6, 6.07) is 10.5. The number of allylic oxidation sites excluding steroid dienone is 1. The molecule has 2 aliphatic carbocycles. The fraction of sp³-hybridized carbons (Fsp3) is 0.591. The second-order valence-electron chi connectivity index (χ2n) is 8.91.